The van der Waals surface area contributed by atoms with E-state index in [-0.39, 0.29) is 19.4 Å². The monoisotopic (exact) mass is 756 g/mol. The molecule has 10 nitrogen and oxygen atoms in total. The van der Waals surface area contributed by atoms with Gasteiger partial charge in [0.15, 0.2) is 6.10 Å². The maximum atomic E-state index is 12.6. The highest BCUT2D eigenvalue weighted by Gasteiger charge is 2.27. The summed E-state index contributed by atoms with van der Waals surface area (Å²) in [6, 6.07) is 0. The molecule has 11 heteroatoms. The van der Waals surface area contributed by atoms with Gasteiger partial charge in [-0.15, -0.1) is 0 Å². The van der Waals surface area contributed by atoms with E-state index in [0.29, 0.717) is 12.8 Å². The fourth-order valence-electron chi connectivity index (χ4n) is 5.04. The van der Waals surface area contributed by atoms with Crippen molar-refractivity contribution in [3.63, 3.8) is 0 Å². The molecule has 0 rings (SSSR count). The molecule has 0 fully saturated rings. The topological polar surface area (TPSA) is 149 Å². The van der Waals surface area contributed by atoms with Crippen molar-refractivity contribution in [2.75, 3.05) is 26.4 Å². The van der Waals surface area contributed by atoms with Crippen LogP contribution >= 0.6 is 7.82 Å². The average Bonchev–Trinajstić information content (AvgIpc) is 3.13. The van der Waals surface area contributed by atoms with Crippen LogP contribution in [0.5, 0.6) is 0 Å². The first-order valence-corrected chi connectivity index (χ1v) is 21.6. The lowest BCUT2D eigenvalue weighted by atomic mass is 10.1. The van der Waals surface area contributed by atoms with Gasteiger partial charge in [-0.2, -0.15) is 0 Å². The second kappa shape index (κ2) is 37.3. The Morgan fingerprint density at radius 1 is 0.577 bits per heavy atom. The summed E-state index contributed by atoms with van der Waals surface area (Å²) >= 11 is 0. The van der Waals surface area contributed by atoms with E-state index in [2.05, 4.69) is 67.0 Å². The number of allylic oxidation sites excluding steroid dienone is 8. The number of aliphatic hydroxyl groups excluding tert-OH is 2. The average molecular weight is 757 g/mol. The second-order valence-electron chi connectivity index (χ2n) is 13.3. The van der Waals surface area contributed by atoms with Gasteiger partial charge in [-0.3, -0.25) is 18.6 Å². The van der Waals surface area contributed by atoms with Gasteiger partial charge in [-0.05, 0) is 70.6 Å². The third-order valence-electron chi connectivity index (χ3n) is 8.21. The van der Waals surface area contributed by atoms with Crippen LogP contribution < -0.4 is 0 Å². The first kappa shape index (κ1) is 49.9. The zero-order valence-corrected chi connectivity index (χ0v) is 33.4. The third-order valence-corrected chi connectivity index (χ3v) is 9.16. The largest absolute Gasteiger partial charge is 0.472 e. The molecule has 0 radical (unpaired) electrons. The lowest BCUT2D eigenvalue weighted by Crippen LogP contribution is -2.29. The summed E-state index contributed by atoms with van der Waals surface area (Å²) in [5, 5.41) is 18.3. The van der Waals surface area contributed by atoms with Gasteiger partial charge in [-0.25, -0.2) is 4.57 Å². The van der Waals surface area contributed by atoms with Gasteiger partial charge >= 0.3 is 19.8 Å². The number of unbranched alkanes of at least 4 members (excludes halogenated alkanes) is 15. The molecule has 0 aliphatic heterocycles. The van der Waals surface area contributed by atoms with Gasteiger partial charge in [0, 0.05) is 12.8 Å². The minimum Gasteiger partial charge on any atom is -0.462 e. The Bertz CT molecular complexity index is 1010. The van der Waals surface area contributed by atoms with E-state index in [1.54, 1.807) is 0 Å². The van der Waals surface area contributed by atoms with E-state index in [1.165, 1.54) is 32.1 Å². The molecular formula is C41H73O10P. The minimum absolute atomic E-state index is 0.163. The van der Waals surface area contributed by atoms with Crippen LogP contribution in [-0.4, -0.2) is 65.7 Å². The second-order valence-corrected chi connectivity index (χ2v) is 14.8. The Hall–Kier alpha value is -2.07. The van der Waals surface area contributed by atoms with Crippen molar-refractivity contribution in [3.05, 3.63) is 48.6 Å². The van der Waals surface area contributed by atoms with Crippen molar-refractivity contribution in [1.82, 2.24) is 0 Å². The molecule has 0 spiro atoms. The molecule has 0 aliphatic rings. The summed E-state index contributed by atoms with van der Waals surface area (Å²) in [4.78, 5) is 34.9. The van der Waals surface area contributed by atoms with Crippen LogP contribution in [0.3, 0.4) is 0 Å². The number of hydrogen-bond donors (Lipinski definition) is 3. The van der Waals surface area contributed by atoms with E-state index in [4.69, 9.17) is 19.1 Å². The predicted octanol–water partition coefficient (Wildman–Crippen LogP) is 10.2. The molecule has 0 aromatic rings. The molecule has 3 atom stereocenters. The Morgan fingerprint density at radius 2 is 1.02 bits per heavy atom. The predicted molar refractivity (Wildman–Crippen MR) is 210 cm³/mol. The van der Waals surface area contributed by atoms with Gasteiger partial charge in [0.2, 0.25) is 0 Å². The first-order chi connectivity index (χ1) is 25.2. The Labute approximate surface area is 315 Å². The van der Waals surface area contributed by atoms with Gasteiger partial charge in [0.05, 0.1) is 19.8 Å². The lowest BCUT2D eigenvalue weighted by molar-refractivity contribution is -0.161. The number of rotatable bonds is 37. The molecule has 0 saturated carbocycles. The van der Waals surface area contributed by atoms with E-state index in [1.807, 2.05) is 0 Å². The van der Waals surface area contributed by atoms with Crippen LogP contribution in [0, 0.1) is 0 Å². The molecule has 0 bridgehead atoms. The maximum Gasteiger partial charge on any atom is 0.472 e. The summed E-state index contributed by atoms with van der Waals surface area (Å²) in [6.45, 7) is 2.26. The Morgan fingerprint density at radius 3 is 1.54 bits per heavy atom. The number of carbonyl (C=O) groups is 2. The van der Waals surface area contributed by atoms with E-state index in [0.717, 1.165) is 89.9 Å². The number of aliphatic hydroxyl groups is 2. The fraction of sp³-hybridized carbons (Fsp3) is 0.756. The van der Waals surface area contributed by atoms with Crippen molar-refractivity contribution in [2.24, 2.45) is 0 Å². The summed E-state index contributed by atoms with van der Waals surface area (Å²) in [7, 11) is -4.62. The van der Waals surface area contributed by atoms with Crippen molar-refractivity contribution in [1.29, 1.82) is 0 Å². The van der Waals surface area contributed by atoms with E-state index < -0.39 is 51.8 Å². The van der Waals surface area contributed by atoms with Crippen LogP contribution in [0.15, 0.2) is 48.6 Å². The van der Waals surface area contributed by atoms with Crippen molar-refractivity contribution >= 4 is 19.8 Å². The lowest BCUT2D eigenvalue weighted by Gasteiger charge is -2.20. The van der Waals surface area contributed by atoms with Crippen molar-refractivity contribution in [3.8, 4) is 0 Å². The summed E-state index contributed by atoms with van der Waals surface area (Å²) in [5.41, 5.74) is 0. The van der Waals surface area contributed by atoms with Gasteiger partial charge in [0.25, 0.3) is 0 Å². The van der Waals surface area contributed by atoms with Gasteiger partial charge in [-0.1, -0.05) is 127 Å². The molecule has 0 aliphatic carbocycles. The highest BCUT2D eigenvalue weighted by molar-refractivity contribution is 7.47. The minimum atomic E-state index is -4.62. The van der Waals surface area contributed by atoms with Crippen LogP contribution in [0.4, 0.5) is 0 Å². The maximum absolute atomic E-state index is 12.6. The molecule has 0 aromatic heterocycles. The molecule has 3 unspecified atom stereocenters. The van der Waals surface area contributed by atoms with Crippen LogP contribution in [0.1, 0.15) is 162 Å². The highest BCUT2D eigenvalue weighted by atomic mass is 31.2. The van der Waals surface area contributed by atoms with Gasteiger partial charge < -0.3 is 24.6 Å². The third kappa shape index (κ3) is 36.3. The number of esters is 2. The van der Waals surface area contributed by atoms with Crippen molar-refractivity contribution in [2.45, 2.75) is 174 Å². The Kier molecular flexibility index (Phi) is 35.8. The zero-order chi connectivity index (χ0) is 38.4. The van der Waals surface area contributed by atoms with Crippen LogP contribution in [0.25, 0.3) is 0 Å². The van der Waals surface area contributed by atoms with Crippen LogP contribution in [-0.2, 0) is 32.7 Å². The molecule has 52 heavy (non-hydrogen) atoms. The smallest absolute Gasteiger partial charge is 0.462 e. The number of carbonyl (C=O) groups excluding carboxylic acids is 2. The van der Waals surface area contributed by atoms with Crippen LogP contribution in [0.2, 0.25) is 0 Å². The molecule has 0 saturated heterocycles. The first-order valence-electron chi connectivity index (χ1n) is 20.1. The number of ether oxygens (including phenoxy) is 2. The zero-order valence-electron chi connectivity index (χ0n) is 32.5. The van der Waals surface area contributed by atoms with Gasteiger partial charge in [0.1, 0.15) is 12.7 Å². The summed E-state index contributed by atoms with van der Waals surface area (Å²) < 4.78 is 32.6. The number of phosphoric acid groups is 1. The van der Waals surface area contributed by atoms with E-state index in [9.17, 15) is 24.2 Å². The SMILES string of the molecule is CCCC/C=C\C/C=C\CCCCCCCC(=O)OCC(COP(=O)(O)OCC(O)CO)OC(=O)CCCCCCC/C=C\C/C=C\CCCCC. The van der Waals surface area contributed by atoms with Crippen molar-refractivity contribution < 1.29 is 47.8 Å². The number of hydrogen-bond acceptors (Lipinski definition) is 9. The fourth-order valence-corrected chi connectivity index (χ4v) is 5.83. The highest BCUT2D eigenvalue weighted by Crippen LogP contribution is 2.43. The standard InChI is InChI=1S/C41H73O10P/c1-3-5-7-9-11-13-15-17-19-21-23-25-27-29-31-33-41(45)51-39(37-50-52(46,47)49-35-38(43)34-42)36-48-40(44)32-30-28-26-24-22-20-18-16-14-12-10-8-6-4-2/h10-13,16-19,38-39,42-43H,3-9,14-15,20-37H2,1-2H3,(H,46,47)/b12-10-,13-11-,18-16-,19-17-. The summed E-state index contributed by atoms with van der Waals surface area (Å²) in [6.07, 6.45) is 37.9. The quantitative estimate of drug-likeness (QED) is 0.0242. The molecule has 302 valence electrons. The number of phosphoric ester groups is 1. The normalized spacial score (nSPS) is 14.5. The molecule has 3 N–H and O–H groups in total. The summed E-state index contributed by atoms with van der Waals surface area (Å²) in [5.74, 6) is -0.961. The Balaban J connectivity index is 4.40. The molecule has 0 aromatic carbocycles. The molecule has 0 amide bonds. The molecule has 0 heterocycles. The van der Waals surface area contributed by atoms with E-state index >= 15 is 0 Å². The molecular weight excluding hydrogens is 683 g/mol.